The number of hydrogen-bond donors (Lipinski definition) is 2. The minimum atomic E-state index is -0.0578. The Morgan fingerprint density at radius 3 is 2.56 bits per heavy atom. The summed E-state index contributed by atoms with van der Waals surface area (Å²) in [5, 5.41) is 7.48. The standard InChI is InChI=1S/C21H25N3S/c1-15-6-5-7-17(14-15)16(2)22-20-21(10-12-25-13-11-21)24-19-9-4-3-8-18(19)23-20/h3-9,14,16,24H,10-13H2,1-2H3,(H,22,23). The molecule has 0 amide bonds. The molecule has 4 heteroatoms. The van der Waals surface area contributed by atoms with Crippen LogP contribution in [0.3, 0.4) is 0 Å². The van der Waals surface area contributed by atoms with Crippen molar-refractivity contribution in [3.8, 4) is 0 Å². The SMILES string of the molecule is Cc1cccc(C(C)N=C2Nc3ccccc3NC23CCSCC3)c1. The molecule has 1 saturated heterocycles. The minimum absolute atomic E-state index is 0.0578. The molecule has 1 spiro atoms. The summed E-state index contributed by atoms with van der Waals surface area (Å²) in [6.45, 7) is 4.33. The van der Waals surface area contributed by atoms with Crippen LogP contribution in [0.25, 0.3) is 0 Å². The summed E-state index contributed by atoms with van der Waals surface area (Å²) in [4.78, 5) is 5.16. The zero-order valence-electron chi connectivity index (χ0n) is 14.9. The number of benzene rings is 2. The van der Waals surface area contributed by atoms with Gasteiger partial charge in [0.2, 0.25) is 0 Å². The predicted molar refractivity (Wildman–Crippen MR) is 110 cm³/mol. The third-order valence-electron chi connectivity index (χ3n) is 5.20. The Kier molecular flexibility index (Phi) is 4.46. The van der Waals surface area contributed by atoms with Gasteiger partial charge in [-0.25, -0.2) is 0 Å². The lowest BCUT2D eigenvalue weighted by Crippen LogP contribution is -2.54. The lowest BCUT2D eigenvalue weighted by molar-refractivity contribution is 0.556. The highest BCUT2D eigenvalue weighted by Crippen LogP contribution is 2.39. The normalized spacial score (nSPS) is 21.3. The Labute approximate surface area is 154 Å². The molecule has 2 aromatic carbocycles. The van der Waals surface area contributed by atoms with E-state index in [4.69, 9.17) is 4.99 Å². The molecule has 0 bridgehead atoms. The number of nitrogens with one attached hydrogen (secondary N) is 2. The van der Waals surface area contributed by atoms with Gasteiger partial charge >= 0.3 is 0 Å². The van der Waals surface area contributed by atoms with Crippen molar-refractivity contribution in [1.29, 1.82) is 0 Å². The van der Waals surface area contributed by atoms with Crippen molar-refractivity contribution in [3.05, 3.63) is 59.7 Å². The number of para-hydroxylation sites is 2. The van der Waals surface area contributed by atoms with Crippen molar-refractivity contribution in [1.82, 2.24) is 0 Å². The van der Waals surface area contributed by atoms with Gasteiger partial charge in [-0.15, -0.1) is 0 Å². The van der Waals surface area contributed by atoms with Crippen molar-refractivity contribution >= 4 is 29.0 Å². The first-order valence-corrected chi connectivity index (χ1v) is 10.2. The van der Waals surface area contributed by atoms with E-state index in [-0.39, 0.29) is 11.6 Å². The van der Waals surface area contributed by atoms with E-state index in [1.807, 2.05) is 11.8 Å². The summed E-state index contributed by atoms with van der Waals surface area (Å²) in [6, 6.07) is 17.3. The summed E-state index contributed by atoms with van der Waals surface area (Å²) >= 11 is 2.04. The van der Waals surface area contributed by atoms with E-state index in [2.05, 4.69) is 73.0 Å². The Balaban J connectivity index is 1.72. The number of amidine groups is 1. The van der Waals surface area contributed by atoms with Crippen molar-refractivity contribution in [2.75, 3.05) is 22.1 Å². The molecule has 0 radical (unpaired) electrons. The van der Waals surface area contributed by atoms with Gasteiger partial charge in [-0.1, -0.05) is 42.0 Å². The Bertz CT molecular complexity index is 793. The van der Waals surface area contributed by atoms with Crippen LogP contribution in [0.2, 0.25) is 0 Å². The molecule has 25 heavy (non-hydrogen) atoms. The molecule has 0 aliphatic carbocycles. The summed E-state index contributed by atoms with van der Waals surface area (Å²) in [7, 11) is 0. The van der Waals surface area contributed by atoms with Gasteiger partial charge in [0.1, 0.15) is 5.84 Å². The van der Waals surface area contributed by atoms with Gasteiger partial charge in [-0.05, 0) is 55.9 Å². The second-order valence-corrected chi connectivity index (χ2v) is 8.28. The zero-order chi connectivity index (χ0) is 17.3. The number of aryl methyl sites for hydroxylation is 1. The molecule has 1 fully saturated rings. The van der Waals surface area contributed by atoms with Crippen molar-refractivity contribution in [2.45, 2.75) is 38.3 Å². The van der Waals surface area contributed by atoms with E-state index in [1.54, 1.807) is 0 Å². The average molecular weight is 352 g/mol. The highest BCUT2D eigenvalue weighted by Gasteiger charge is 2.41. The molecule has 0 aromatic heterocycles. The fourth-order valence-electron chi connectivity index (χ4n) is 3.70. The van der Waals surface area contributed by atoms with E-state index in [1.165, 1.54) is 28.3 Å². The third kappa shape index (κ3) is 3.28. The van der Waals surface area contributed by atoms with Crippen LogP contribution in [0.4, 0.5) is 11.4 Å². The van der Waals surface area contributed by atoms with E-state index < -0.39 is 0 Å². The Morgan fingerprint density at radius 1 is 1.04 bits per heavy atom. The number of anilines is 2. The second-order valence-electron chi connectivity index (χ2n) is 7.06. The van der Waals surface area contributed by atoms with Gasteiger partial charge in [-0.3, -0.25) is 4.99 Å². The van der Waals surface area contributed by atoms with Crippen LogP contribution in [0.15, 0.2) is 53.5 Å². The highest BCUT2D eigenvalue weighted by atomic mass is 32.2. The molecule has 4 rings (SSSR count). The van der Waals surface area contributed by atoms with Gasteiger partial charge in [0.25, 0.3) is 0 Å². The molecule has 0 saturated carbocycles. The fraction of sp³-hybridized carbons (Fsp3) is 0.381. The molecule has 130 valence electrons. The summed E-state index contributed by atoms with van der Waals surface area (Å²) < 4.78 is 0. The number of nitrogens with zero attached hydrogens (tertiary/aromatic N) is 1. The monoisotopic (exact) mass is 351 g/mol. The van der Waals surface area contributed by atoms with Crippen LogP contribution in [0.1, 0.15) is 36.9 Å². The lowest BCUT2D eigenvalue weighted by atomic mass is 9.87. The van der Waals surface area contributed by atoms with Gasteiger partial charge in [0, 0.05) is 0 Å². The maximum Gasteiger partial charge on any atom is 0.127 e. The smallest absolute Gasteiger partial charge is 0.127 e. The van der Waals surface area contributed by atoms with Crippen LogP contribution in [-0.2, 0) is 0 Å². The van der Waals surface area contributed by atoms with Crippen LogP contribution < -0.4 is 10.6 Å². The van der Waals surface area contributed by atoms with Gasteiger partial charge < -0.3 is 10.6 Å². The van der Waals surface area contributed by atoms with Crippen LogP contribution in [0, 0.1) is 6.92 Å². The average Bonchev–Trinajstić information content (AvgIpc) is 2.63. The number of fused-ring (bicyclic) bond motifs is 1. The summed E-state index contributed by atoms with van der Waals surface area (Å²) in [5.41, 5.74) is 4.82. The maximum atomic E-state index is 5.16. The second kappa shape index (κ2) is 6.75. The highest BCUT2D eigenvalue weighted by molar-refractivity contribution is 7.99. The maximum absolute atomic E-state index is 5.16. The molecule has 1 unspecified atom stereocenters. The molecule has 2 heterocycles. The minimum Gasteiger partial charge on any atom is -0.371 e. The topological polar surface area (TPSA) is 36.4 Å². The molecular formula is C21H25N3S. The summed E-state index contributed by atoms with van der Waals surface area (Å²) in [6.07, 6.45) is 2.22. The molecule has 2 aliphatic rings. The quantitative estimate of drug-likeness (QED) is 0.775. The van der Waals surface area contributed by atoms with Crippen LogP contribution in [-0.4, -0.2) is 22.9 Å². The largest absolute Gasteiger partial charge is 0.371 e. The first-order chi connectivity index (χ1) is 12.2. The van der Waals surface area contributed by atoms with Gasteiger partial charge in [0.05, 0.1) is 23.0 Å². The first-order valence-electron chi connectivity index (χ1n) is 9.03. The Morgan fingerprint density at radius 2 is 1.80 bits per heavy atom. The molecule has 3 nitrogen and oxygen atoms in total. The van der Waals surface area contributed by atoms with E-state index in [9.17, 15) is 0 Å². The molecule has 2 aromatic rings. The third-order valence-corrected chi connectivity index (χ3v) is 6.19. The van der Waals surface area contributed by atoms with E-state index >= 15 is 0 Å². The lowest BCUT2D eigenvalue weighted by Gasteiger charge is -2.44. The number of thioether (sulfide) groups is 1. The van der Waals surface area contributed by atoms with Crippen LogP contribution >= 0.6 is 11.8 Å². The number of rotatable bonds is 2. The van der Waals surface area contributed by atoms with Gasteiger partial charge in [-0.2, -0.15) is 11.8 Å². The van der Waals surface area contributed by atoms with Crippen molar-refractivity contribution in [3.63, 3.8) is 0 Å². The molecule has 2 aliphatic heterocycles. The Hall–Kier alpha value is -1.94. The number of hydrogen-bond acceptors (Lipinski definition) is 3. The summed E-state index contributed by atoms with van der Waals surface area (Å²) in [5.74, 6) is 3.45. The first kappa shape index (κ1) is 16.5. The van der Waals surface area contributed by atoms with Crippen molar-refractivity contribution < 1.29 is 0 Å². The zero-order valence-corrected chi connectivity index (χ0v) is 15.7. The molecule has 1 atom stereocenters. The van der Waals surface area contributed by atoms with Crippen LogP contribution in [0.5, 0.6) is 0 Å². The molecule has 2 N–H and O–H groups in total. The van der Waals surface area contributed by atoms with E-state index in [0.29, 0.717) is 0 Å². The predicted octanol–water partition coefficient (Wildman–Crippen LogP) is 5.26. The number of aliphatic imine (C=N–C) groups is 1. The van der Waals surface area contributed by atoms with Crippen molar-refractivity contribution in [2.24, 2.45) is 4.99 Å². The fourth-order valence-corrected chi connectivity index (χ4v) is 4.89. The molecular weight excluding hydrogens is 326 g/mol. The van der Waals surface area contributed by atoms with Gasteiger partial charge in [0.15, 0.2) is 0 Å². The van der Waals surface area contributed by atoms with E-state index in [0.717, 1.165) is 24.4 Å².